The number of carbonyl (C=O) groups excluding carboxylic acids is 1. The summed E-state index contributed by atoms with van der Waals surface area (Å²) in [6.07, 6.45) is 1.03. The zero-order valence-corrected chi connectivity index (χ0v) is 20.0. The summed E-state index contributed by atoms with van der Waals surface area (Å²) in [5.41, 5.74) is 1.63. The van der Waals surface area contributed by atoms with Crippen LogP contribution in [0.1, 0.15) is 49.7 Å². The maximum atomic E-state index is 12.1. The molecule has 1 aromatic rings. The van der Waals surface area contributed by atoms with E-state index in [1.165, 1.54) is 0 Å². The highest BCUT2D eigenvalue weighted by Crippen LogP contribution is 2.21. The minimum absolute atomic E-state index is 0. The quantitative estimate of drug-likeness (QED) is 0.148. The number of halogens is 4. The molecule has 1 aliphatic carbocycles. The minimum atomic E-state index is -4.32. The first-order valence-electron chi connectivity index (χ1n) is 10.2. The number of nitrogens with zero attached hydrogens (tertiary/aromatic N) is 1. The third kappa shape index (κ3) is 12.2. The van der Waals surface area contributed by atoms with Crippen LogP contribution in [0.25, 0.3) is 0 Å². The van der Waals surface area contributed by atoms with Gasteiger partial charge in [-0.1, -0.05) is 24.3 Å². The van der Waals surface area contributed by atoms with Crippen LogP contribution in [0.5, 0.6) is 0 Å². The van der Waals surface area contributed by atoms with Gasteiger partial charge in [0.15, 0.2) is 5.96 Å². The summed E-state index contributed by atoms with van der Waals surface area (Å²) in [5, 5.41) is 6.30. The average Bonchev–Trinajstić information content (AvgIpc) is 3.20. The zero-order valence-electron chi connectivity index (χ0n) is 17.7. The Bertz CT molecular complexity index is 679. The molecule has 0 bridgehead atoms. The first-order chi connectivity index (χ1) is 14.4. The van der Waals surface area contributed by atoms with Gasteiger partial charge in [0.1, 0.15) is 12.7 Å². The highest BCUT2D eigenvalue weighted by molar-refractivity contribution is 14.0. The standard InChI is InChI=1S/C21H30F3N3O3.HI/c1-25-20(26-12-4-7-19(28)30-18-5-2-3-6-18)27-13-16-8-10-17(11-9-16)14-29-15-21(22,23)24;/h8-11,18H,2-7,12-15H2,1H3,(H2,25,26,27);1H. The van der Waals surface area contributed by atoms with Crippen molar-refractivity contribution in [2.45, 2.75) is 64.0 Å². The van der Waals surface area contributed by atoms with Crippen LogP contribution in [-0.2, 0) is 27.4 Å². The highest BCUT2D eigenvalue weighted by atomic mass is 127. The lowest BCUT2D eigenvalue weighted by atomic mass is 10.1. The van der Waals surface area contributed by atoms with Gasteiger partial charge in [-0.2, -0.15) is 13.2 Å². The Hall–Kier alpha value is -1.56. The number of aliphatic imine (C=N–C) groups is 1. The van der Waals surface area contributed by atoms with Crippen LogP contribution in [0.15, 0.2) is 29.3 Å². The molecule has 0 unspecified atom stereocenters. The molecule has 0 aromatic heterocycles. The fraction of sp³-hybridized carbons (Fsp3) is 0.619. The van der Waals surface area contributed by atoms with Crippen LogP contribution in [0, 0.1) is 0 Å². The number of benzene rings is 1. The van der Waals surface area contributed by atoms with E-state index < -0.39 is 12.8 Å². The molecule has 1 fully saturated rings. The molecule has 0 atom stereocenters. The monoisotopic (exact) mass is 557 g/mol. The van der Waals surface area contributed by atoms with Crippen molar-refractivity contribution in [2.75, 3.05) is 20.2 Å². The van der Waals surface area contributed by atoms with E-state index in [9.17, 15) is 18.0 Å². The number of carbonyl (C=O) groups is 1. The number of rotatable bonds is 10. The van der Waals surface area contributed by atoms with Crippen molar-refractivity contribution in [1.29, 1.82) is 0 Å². The van der Waals surface area contributed by atoms with Gasteiger partial charge < -0.3 is 20.1 Å². The molecule has 10 heteroatoms. The fourth-order valence-corrected chi connectivity index (χ4v) is 3.13. The molecule has 31 heavy (non-hydrogen) atoms. The van der Waals surface area contributed by atoms with Gasteiger partial charge in [-0.25, -0.2) is 0 Å². The second-order valence-electron chi connectivity index (χ2n) is 7.28. The maximum Gasteiger partial charge on any atom is 0.411 e. The maximum absolute atomic E-state index is 12.1. The number of ether oxygens (including phenoxy) is 2. The molecule has 176 valence electrons. The molecule has 1 aromatic carbocycles. The van der Waals surface area contributed by atoms with Crippen LogP contribution < -0.4 is 10.6 Å². The number of nitrogens with one attached hydrogen (secondary N) is 2. The van der Waals surface area contributed by atoms with Crippen LogP contribution in [0.4, 0.5) is 13.2 Å². The van der Waals surface area contributed by atoms with Crippen molar-refractivity contribution in [3.63, 3.8) is 0 Å². The summed E-state index contributed by atoms with van der Waals surface area (Å²) >= 11 is 0. The van der Waals surface area contributed by atoms with Crippen molar-refractivity contribution in [2.24, 2.45) is 4.99 Å². The lowest BCUT2D eigenvalue weighted by molar-refractivity contribution is -0.176. The van der Waals surface area contributed by atoms with Gasteiger partial charge >= 0.3 is 12.1 Å². The topological polar surface area (TPSA) is 72.0 Å². The second kappa shape index (κ2) is 14.5. The molecule has 2 rings (SSSR count). The van der Waals surface area contributed by atoms with Crippen molar-refractivity contribution in [3.8, 4) is 0 Å². The predicted molar refractivity (Wildman–Crippen MR) is 123 cm³/mol. The van der Waals surface area contributed by atoms with Crippen LogP contribution >= 0.6 is 24.0 Å². The van der Waals surface area contributed by atoms with E-state index in [2.05, 4.69) is 20.4 Å². The highest BCUT2D eigenvalue weighted by Gasteiger charge is 2.27. The van der Waals surface area contributed by atoms with Gasteiger partial charge in [0.2, 0.25) is 0 Å². The SMILES string of the molecule is CN=C(NCCCC(=O)OC1CCCC1)NCc1ccc(COCC(F)(F)F)cc1.I. The van der Waals surface area contributed by atoms with Gasteiger partial charge in [0.25, 0.3) is 0 Å². The Morgan fingerprint density at radius 2 is 1.77 bits per heavy atom. The average molecular weight is 557 g/mol. The first kappa shape index (κ1) is 27.5. The van der Waals surface area contributed by atoms with Crippen LogP contribution in [-0.4, -0.2) is 44.4 Å². The number of hydrogen-bond donors (Lipinski definition) is 2. The van der Waals surface area contributed by atoms with Crippen LogP contribution in [0.3, 0.4) is 0 Å². The van der Waals surface area contributed by atoms with Gasteiger partial charge in [0, 0.05) is 26.6 Å². The van der Waals surface area contributed by atoms with Crippen molar-refractivity contribution < 1.29 is 27.4 Å². The van der Waals surface area contributed by atoms with E-state index in [0.717, 1.165) is 31.2 Å². The Morgan fingerprint density at radius 1 is 1.13 bits per heavy atom. The summed E-state index contributed by atoms with van der Waals surface area (Å²) < 4.78 is 46.3. The van der Waals surface area contributed by atoms with E-state index >= 15 is 0 Å². The smallest absolute Gasteiger partial charge is 0.411 e. The van der Waals surface area contributed by atoms with Crippen molar-refractivity contribution in [3.05, 3.63) is 35.4 Å². The summed E-state index contributed by atoms with van der Waals surface area (Å²) in [6.45, 7) is -0.238. The molecule has 0 radical (unpaired) electrons. The Morgan fingerprint density at radius 3 is 2.39 bits per heavy atom. The number of hydrogen-bond acceptors (Lipinski definition) is 4. The number of esters is 1. The molecule has 0 heterocycles. The summed E-state index contributed by atoms with van der Waals surface area (Å²) in [5.74, 6) is 0.461. The molecule has 0 aliphatic heterocycles. The Labute approximate surface area is 198 Å². The molecule has 6 nitrogen and oxygen atoms in total. The number of guanidine groups is 1. The molecule has 0 spiro atoms. The first-order valence-corrected chi connectivity index (χ1v) is 10.2. The normalized spacial score (nSPS) is 14.8. The summed E-state index contributed by atoms with van der Waals surface area (Å²) in [6, 6.07) is 7.12. The Kier molecular flexibility index (Phi) is 12.8. The van der Waals surface area contributed by atoms with E-state index in [0.29, 0.717) is 37.5 Å². The predicted octanol–water partition coefficient (Wildman–Crippen LogP) is 4.31. The number of alkyl halides is 3. The van der Waals surface area contributed by atoms with E-state index in [4.69, 9.17) is 4.74 Å². The van der Waals surface area contributed by atoms with Gasteiger partial charge in [0.05, 0.1) is 6.61 Å². The van der Waals surface area contributed by atoms with E-state index in [-0.39, 0.29) is 42.7 Å². The molecule has 1 saturated carbocycles. The molecule has 1 aliphatic rings. The van der Waals surface area contributed by atoms with Crippen molar-refractivity contribution in [1.82, 2.24) is 10.6 Å². The molecule has 0 amide bonds. The van der Waals surface area contributed by atoms with E-state index in [1.54, 1.807) is 19.2 Å². The third-order valence-corrected chi connectivity index (χ3v) is 4.69. The van der Waals surface area contributed by atoms with Gasteiger partial charge in [-0.3, -0.25) is 9.79 Å². The Balaban J connectivity index is 0.00000480. The van der Waals surface area contributed by atoms with Crippen molar-refractivity contribution >= 4 is 35.9 Å². The minimum Gasteiger partial charge on any atom is -0.462 e. The second-order valence-corrected chi connectivity index (χ2v) is 7.28. The summed E-state index contributed by atoms with van der Waals surface area (Å²) in [7, 11) is 1.66. The van der Waals surface area contributed by atoms with E-state index in [1.807, 2.05) is 12.1 Å². The zero-order chi connectivity index (χ0) is 21.8. The van der Waals surface area contributed by atoms with Crippen LogP contribution in [0.2, 0.25) is 0 Å². The van der Waals surface area contributed by atoms with Gasteiger partial charge in [-0.15, -0.1) is 24.0 Å². The third-order valence-electron chi connectivity index (χ3n) is 4.69. The van der Waals surface area contributed by atoms with Gasteiger partial charge in [-0.05, 0) is 43.2 Å². The lowest BCUT2D eigenvalue weighted by Gasteiger charge is -2.13. The fourth-order valence-electron chi connectivity index (χ4n) is 3.13. The molecular weight excluding hydrogens is 526 g/mol. The largest absolute Gasteiger partial charge is 0.462 e. The molecular formula is C21H31F3IN3O3. The summed E-state index contributed by atoms with van der Waals surface area (Å²) in [4.78, 5) is 15.9. The molecule has 2 N–H and O–H groups in total. The molecule has 0 saturated heterocycles. The lowest BCUT2D eigenvalue weighted by Crippen LogP contribution is -2.37.